The topological polar surface area (TPSA) is 183 Å². The van der Waals surface area contributed by atoms with Gasteiger partial charge in [0.1, 0.15) is 0 Å². The number of rotatable bonds is 11. The number of aliphatic carboxylic acids is 1. The monoisotopic (exact) mass is 523 g/mol. The van der Waals surface area contributed by atoms with E-state index in [-0.39, 0.29) is 34.9 Å². The van der Waals surface area contributed by atoms with Crippen LogP contribution in [0.2, 0.25) is 5.15 Å². The van der Waals surface area contributed by atoms with E-state index in [1.165, 1.54) is 5.56 Å². The number of nitrogen functional groups attached to an aromatic ring is 2. The van der Waals surface area contributed by atoms with Crippen LogP contribution in [0.4, 0.5) is 11.6 Å². The maximum atomic E-state index is 12.3. The third-order valence-electron chi connectivity index (χ3n) is 5.61. The Bertz CT molecular complexity index is 1260. The predicted molar refractivity (Wildman–Crippen MR) is 145 cm³/mol. The highest BCUT2D eigenvalue weighted by Gasteiger charge is 2.16. The Labute approximate surface area is 220 Å². The van der Waals surface area contributed by atoms with Crippen LogP contribution >= 0.6 is 11.6 Å². The van der Waals surface area contributed by atoms with Crippen molar-refractivity contribution in [3.63, 3.8) is 0 Å². The summed E-state index contributed by atoms with van der Waals surface area (Å²) in [6, 6.07) is 16.6. The number of benzene rings is 2. The minimum atomic E-state index is -0.764. The summed E-state index contributed by atoms with van der Waals surface area (Å²) in [5.41, 5.74) is 21.4. The molecule has 2 aromatic carbocycles. The summed E-state index contributed by atoms with van der Waals surface area (Å²) in [7, 11) is 0. The van der Waals surface area contributed by atoms with Gasteiger partial charge in [-0.05, 0) is 54.4 Å². The third kappa shape index (κ3) is 8.46. The Morgan fingerprint density at radius 3 is 2.00 bits per heavy atom. The van der Waals surface area contributed by atoms with Gasteiger partial charge in [-0.3, -0.25) is 19.9 Å². The van der Waals surface area contributed by atoms with E-state index in [1.807, 2.05) is 12.1 Å². The number of amides is 1. The number of halogens is 1. The number of guanidine groups is 1. The molecule has 194 valence electrons. The van der Waals surface area contributed by atoms with E-state index in [1.54, 1.807) is 0 Å². The van der Waals surface area contributed by atoms with Crippen molar-refractivity contribution in [1.82, 2.24) is 15.3 Å². The highest BCUT2D eigenvalue weighted by molar-refractivity contribution is 6.31. The van der Waals surface area contributed by atoms with Gasteiger partial charge in [-0.1, -0.05) is 60.1 Å². The van der Waals surface area contributed by atoms with Crippen LogP contribution in [0.25, 0.3) is 11.1 Å². The van der Waals surface area contributed by atoms with Crippen molar-refractivity contribution in [3.05, 3.63) is 70.5 Å². The Hall–Kier alpha value is -4.18. The zero-order valence-electron chi connectivity index (χ0n) is 20.3. The minimum absolute atomic E-state index is 0.0450. The van der Waals surface area contributed by atoms with E-state index in [0.717, 1.165) is 42.4 Å². The standard InChI is InChI=1S/C26H30ClN7O3/c27-22-24(29)33-23(28)21(32-22)25(37)34-26(30)31-15-2-1-4-16-7-11-18(12-8-16)19-13-9-17(10-14-19)5-3-6-20(35)36/h7-14H,1-6,15H2,(H,35,36)(H4,28,29,33)(H3,30,31,34,37). The first-order chi connectivity index (χ1) is 17.7. The molecule has 37 heavy (non-hydrogen) atoms. The molecule has 3 aromatic rings. The highest BCUT2D eigenvalue weighted by Crippen LogP contribution is 2.22. The molecule has 0 bridgehead atoms. The lowest BCUT2D eigenvalue weighted by Crippen LogP contribution is -2.38. The van der Waals surface area contributed by atoms with Crippen molar-refractivity contribution in [2.45, 2.75) is 38.5 Å². The number of carboxylic acid groups (broad SMARTS) is 1. The summed E-state index contributed by atoms with van der Waals surface area (Å²) in [6.07, 6.45) is 4.16. The second-order valence-electron chi connectivity index (χ2n) is 8.45. The molecule has 0 aliphatic rings. The molecule has 1 heterocycles. The lowest BCUT2D eigenvalue weighted by molar-refractivity contribution is -0.137. The molecular weight excluding hydrogens is 494 g/mol. The van der Waals surface area contributed by atoms with Crippen LogP contribution < -0.4 is 22.5 Å². The number of carbonyl (C=O) groups is 2. The van der Waals surface area contributed by atoms with Crippen LogP contribution in [0.15, 0.2) is 53.5 Å². The van der Waals surface area contributed by atoms with Gasteiger partial charge < -0.3 is 22.3 Å². The minimum Gasteiger partial charge on any atom is -0.481 e. The summed E-state index contributed by atoms with van der Waals surface area (Å²) >= 11 is 5.79. The molecule has 0 saturated heterocycles. The third-order valence-corrected chi connectivity index (χ3v) is 5.89. The number of aryl methyl sites for hydroxylation is 2. The van der Waals surface area contributed by atoms with Gasteiger partial charge in [0.2, 0.25) is 0 Å². The normalized spacial score (nSPS) is 11.3. The van der Waals surface area contributed by atoms with Crippen molar-refractivity contribution in [3.8, 4) is 11.1 Å². The van der Waals surface area contributed by atoms with Gasteiger partial charge in [-0.25, -0.2) is 9.97 Å². The number of aliphatic imine (C=N–C) groups is 1. The molecule has 0 radical (unpaired) electrons. The molecular formula is C26H30ClN7O3. The van der Waals surface area contributed by atoms with Gasteiger partial charge >= 0.3 is 5.97 Å². The molecule has 8 N–H and O–H groups in total. The quantitative estimate of drug-likeness (QED) is 0.144. The number of anilines is 2. The zero-order valence-corrected chi connectivity index (χ0v) is 21.0. The fraction of sp³-hybridized carbons (Fsp3) is 0.269. The fourth-order valence-corrected chi connectivity index (χ4v) is 3.76. The van der Waals surface area contributed by atoms with E-state index in [2.05, 4.69) is 56.7 Å². The van der Waals surface area contributed by atoms with Gasteiger partial charge in [-0.2, -0.15) is 0 Å². The number of hydrogen-bond donors (Lipinski definition) is 5. The molecule has 1 amide bonds. The van der Waals surface area contributed by atoms with Crippen LogP contribution in [-0.2, 0) is 17.6 Å². The number of unbranched alkanes of at least 4 members (excludes halogenated alkanes) is 1. The fourth-order valence-electron chi connectivity index (χ4n) is 3.64. The van der Waals surface area contributed by atoms with Crippen molar-refractivity contribution in [2.24, 2.45) is 10.7 Å². The lowest BCUT2D eigenvalue weighted by Gasteiger charge is -2.07. The first kappa shape index (κ1) is 27.4. The first-order valence-electron chi connectivity index (χ1n) is 11.8. The van der Waals surface area contributed by atoms with Crippen LogP contribution in [0.5, 0.6) is 0 Å². The number of hydrogen-bond acceptors (Lipinski definition) is 7. The van der Waals surface area contributed by atoms with Crippen molar-refractivity contribution in [2.75, 3.05) is 18.0 Å². The van der Waals surface area contributed by atoms with Gasteiger partial charge in [0.15, 0.2) is 28.4 Å². The Kier molecular flexibility index (Phi) is 9.79. The van der Waals surface area contributed by atoms with Crippen molar-refractivity contribution in [1.29, 1.82) is 0 Å². The van der Waals surface area contributed by atoms with Gasteiger partial charge in [0.05, 0.1) is 0 Å². The predicted octanol–water partition coefficient (Wildman–Crippen LogP) is 3.44. The van der Waals surface area contributed by atoms with Crippen LogP contribution in [0, 0.1) is 0 Å². The smallest absolute Gasteiger partial charge is 0.303 e. The highest BCUT2D eigenvalue weighted by atomic mass is 35.5. The van der Waals surface area contributed by atoms with E-state index >= 15 is 0 Å². The maximum absolute atomic E-state index is 12.3. The molecule has 1 aromatic heterocycles. The summed E-state index contributed by atoms with van der Waals surface area (Å²) in [5, 5.41) is 11.1. The summed E-state index contributed by atoms with van der Waals surface area (Å²) in [4.78, 5) is 34.7. The number of carboxylic acids is 1. The molecule has 0 aliphatic heterocycles. The first-order valence-corrected chi connectivity index (χ1v) is 12.2. The van der Waals surface area contributed by atoms with Gasteiger partial charge in [0.25, 0.3) is 5.91 Å². The van der Waals surface area contributed by atoms with Crippen LogP contribution in [0.1, 0.15) is 47.3 Å². The average molecular weight is 524 g/mol. The zero-order chi connectivity index (χ0) is 26.8. The summed E-state index contributed by atoms with van der Waals surface area (Å²) in [5.74, 6) is -1.69. The molecule has 10 nitrogen and oxygen atoms in total. The SMILES string of the molecule is NC(=NCCCCc1ccc(-c2ccc(CCCC(=O)O)cc2)cc1)NC(=O)c1nc(Cl)c(N)nc1N. The van der Waals surface area contributed by atoms with Crippen molar-refractivity contribution < 1.29 is 14.7 Å². The average Bonchev–Trinajstić information content (AvgIpc) is 2.86. The van der Waals surface area contributed by atoms with E-state index in [9.17, 15) is 9.59 Å². The molecule has 0 aliphatic carbocycles. The number of aromatic nitrogens is 2. The number of nitrogens with zero attached hydrogens (tertiary/aromatic N) is 3. The molecule has 0 unspecified atom stereocenters. The molecule has 11 heteroatoms. The molecule has 3 rings (SSSR count). The second-order valence-corrected chi connectivity index (χ2v) is 8.81. The van der Waals surface area contributed by atoms with Gasteiger partial charge in [-0.15, -0.1) is 0 Å². The lowest BCUT2D eigenvalue weighted by atomic mass is 9.99. The number of carbonyl (C=O) groups excluding carboxylic acids is 1. The summed E-state index contributed by atoms with van der Waals surface area (Å²) in [6.45, 7) is 0.451. The number of nitrogens with two attached hydrogens (primary N) is 3. The largest absolute Gasteiger partial charge is 0.481 e. The van der Waals surface area contributed by atoms with E-state index < -0.39 is 11.9 Å². The van der Waals surface area contributed by atoms with Gasteiger partial charge in [0, 0.05) is 13.0 Å². The molecule has 0 spiro atoms. The molecule has 0 saturated carbocycles. The molecule has 0 atom stereocenters. The Morgan fingerprint density at radius 1 is 0.865 bits per heavy atom. The van der Waals surface area contributed by atoms with Crippen LogP contribution in [-0.4, -0.2) is 39.5 Å². The summed E-state index contributed by atoms with van der Waals surface area (Å²) < 4.78 is 0. The number of nitrogens with one attached hydrogen (secondary N) is 1. The molecule has 0 fully saturated rings. The Morgan fingerprint density at radius 2 is 1.43 bits per heavy atom. The maximum Gasteiger partial charge on any atom is 0.303 e. The Balaban J connectivity index is 1.41. The van der Waals surface area contributed by atoms with Crippen molar-refractivity contribution >= 4 is 41.1 Å². The second kappa shape index (κ2) is 13.2. The van der Waals surface area contributed by atoms with E-state index in [0.29, 0.717) is 13.0 Å². The van der Waals surface area contributed by atoms with Crippen LogP contribution in [0.3, 0.4) is 0 Å². The van der Waals surface area contributed by atoms with E-state index in [4.69, 9.17) is 33.9 Å².